The Labute approximate surface area is 134 Å². The lowest BCUT2D eigenvalue weighted by Crippen LogP contribution is -2.42. The molecule has 2 aromatic rings. The van der Waals surface area contributed by atoms with Gasteiger partial charge >= 0.3 is 18.2 Å². The maximum absolute atomic E-state index is 12.4. The molecule has 0 N–H and O–H groups in total. The molecule has 2 heterocycles. The van der Waals surface area contributed by atoms with Crippen molar-refractivity contribution in [2.24, 2.45) is 0 Å². The summed E-state index contributed by atoms with van der Waals surface area (Å²) in [6, 6.07) is 5.76. The van der Waals surface area contributed by atoms with E-state index >= 15 is 0 Å². The molecule has 7 nitrogen and oxygen atoms in total. The number of halogens is 3. The molecule has 1 amide bonds. The number of carbonyl (C=O) groups is 1. The Hall–Kier alpha value is -2.62. The third-order valence-electron chi connectivity index (χ3n) is 3.26. The van der Waals surface area contributed by atoms with Crippen molar-refractivity contribution in [1.82, 2.24) is 15.0 Å². The number of rotatable bonds is 2. The predicted molar refractivity (Wildman–Crippen MR) is 73.2 cm³/mol. The highest BCUT2D eigenvalue weighted by atomic mass is 19.4. The van der Waals surface area contributed by atoms with E-state index in [0.29, 0.717) is 31.9 Å². The molecule has 1 saturated heterocycles. The second-order valence-corrected chi connectivity index (χ2v) is 4.91. The SMILES string of the molecule is O=C(Oc1ccc(-c2noc(C(F)(F)F)n2)cc1)N1CCOCC1. The molecule has 0 spiro atoms. The number of hydrogen-bond acceptors (Lipinski definition) is 6. The van der Waals surface area contributed by atoms with Crippen LogP contribution in [0.1, 0.15) is 5.89 Å². The highest BCUT2D eigenvalue weighted by molar-refractivity contribution is 5.71. The van der Waals surface area contributed by atoms with Gasteiger partial charge in [0, 0.05) is 18.7 Å². The van der Waals surface area contributed by atoms with Crippen LogP contribution < -0.4 is 4.74 Å². The summed E-state index contributed by atoms with van der Waals surface area (Å²) in [5, 5.41) is 3.28. The highest BCUT2D eigenvalue weighted by Crippen LogP contribution is 2.29. The predicted octanol–water partition coefficient (Wildman–Crippen LogP) is 2.59. The number of carbonyl (C=O) groups excluding carboxylic acids is 1. The van der Waals surface area contributed by atoms with Gasteiger partial charge in [0.2, 0.25) is 5.82 Å². The second-order valence-electron chi connectivity index (χ2n) is 4.91. The van der Waals surface area contributed by atoms with E-state index in [-0.39, 0.29) is 11.6 Å². The number of aromatic nitrogens is 2. The molecular formula is C14H12F3N3O4. The third-order valence-corrected chi connectivity index (χ3v) is 3.26. The zero-order chi connectivity index (χ0) is 17.2. The molecule has 0 radical (unpaired) electrons. The molecule has 1 fully saturated rings. The Kier molecular flexibility index (Phi) is 4.38. The Bertz CT molecular complexity index is 709. The van der Waals surface area contributed by atoms with Crippen LogP contribution in [0.4, 0.5) is 18.0 Å². The van der Waals surface area contributed by atoms with Crippen LogP contribution >= 0.6 is 0 Å². The van der Waals surface area contributed by atoms with Gasteiger partial charge in [0.1, 0.15) is 5.75 Å². The highest BCUT2D eigenvalue weighted by Gasteiger charge is 2.38. The van der Waals surface area contributed by atoms with Crippen LogP contribution in [-0.2, 0) is 10.9 Å². The molecule has 1 aromatic carbocycles. The molecule has 128 valence electrons. The number of nitrogens with zero attached hydrogens (tertiary/aromatic N) is 3. The van der Waals surface area contributed by atoms with E-state index in [1.165, 1.54) is 29.2 Å². The molecule has 24 heavy (non-hydrogen) atoms. The molecule has 3 rings (SSSR count). The van der Waals surface area contributed by atoms with Crippen molar-refractivity contribution in [3.05, 3.63) is 30.2 Å². The van der Waals surface area contributed by atoms with Crippen LogP contribution in [0.5, 0.6) is 5.75 Å². The zero-order valence-corrected chi connectivity index (χ0v) is 12.2. The van der Waals surface area contributed by atoms with Crippen LogP contribution in [0.15, 0.2) is 28.8 Å². The van der Waals surface area contributed by atoms with Crippen molar-refractivity contribution in [3.8, 4) is 17.1 Å². The standard InChI is InChI=1S/C14H12F3N3O4/c15-14(16,17)12-18-11(19-24-12)9-1-3-10(4-2-9)23-13(21)20-5-7-22-8-6-20/h1-4H,5-8H2. The van der Waals surface area contributed by atoms with E-state index in [0.717, 1.165) is 0 Å². The summed E-state index contributed by atoms with van der Waals surface area (Å²) in [7, 11) is 0. The topological polar surface area (TPSA) is 77.7 Å². The summed E-state index contributed by atoms with van der Waals surface area (Å²) in [4.78, 5) is 16.7. The van der Waals surface area contributed by atoms with Crippen LogP contribution in [0.25, 0.3) is 11.4 Å². The Balaban J connectivity index is 1.67. The van der Waals surface area contributed by atoms with Gasteiger partial charge in [0.25, 0.3) is 0 Å². The number of hydrogen-bond donors (Lipinski definition) is 0. The van der Waals surface area contributed by atoms with Crippen LogP contribution in [0, 0.1) is 0 Å². The molecule has 0 atom stereocenters. The lowest BCUT2D eigenvalue weighted by atomic mass is 10.2. The van der Waals surface area contributed by atoms with Crippen LogP contribution in [-0.4, -0.2) is 47.4 Å². The summed E-state index contributed by atoms with van der Waals surface area (Å²) >= 11 is 0. The smallest absolute Gasteiger partial charge is 0.410 e. The summed E-state index contributed by atoms with van der Waals surface area (Å²) in [6.45, 7) is 1.79. The lowest BCUT2D eigenvalue weighted by Gasteiger charge is -2.25. The number of benzene rings is 1. The fourth-order valence-electron chi connectivity index (χ4n) is 2.04. The first-order chi connectivity index (χ1) is 11.4. The molecule has 0 unspecified atom stereocenters. The molecule has 1 aromatic heterocycles. The summed E-state index contributed by atoms with van der Waals surface area (Å²) in [6.07, 6.45) is -5.20. The van der Waals surface area contributed by atoms with Gasteiger partial charge in [0.05, 0.1) is 13.2 Å². The normalized spacial score (nSPS) is 15.4. The van der Waals surface area contributed by atoms with Crippen LogP contribution in [0.3, 0.4) is 0 Å². The van der Waals surface area contributed by atoms with Crippen molar-refractivity contribution in [2.45, 2.75) is 6.18 Å². The number of ether oxygens (including phenoxy) is 2. The van der Waals surface area contributed by atoms with Gasteiger partial charge < -0.3 is 18.9 Å². The minimum atomic E-state index is -4.70. The summed E-state index contributed by atoms with van der Waals surface area (Å²) in [5.41, 5.74) is 0.306. The van der Waals surface area contributed by atoms with Gasteiger partial charge in [-0.05, 0) is 24.3 Å². The van der Waals surface area contributed by atoms with Gasteiger partial charge in [-0.25, -0.2) is 4.79 Å². The number of morpholine rings is 1. The minimum absolute atomic E-state index is 0.201. The maximum Gasteiger partial charge on any atom is 0.471 e. The third kappa shape index (κ3) is 3.65. The average molecular weight is 343 g/mol. The molecule has 1 aliphatic rings. The number of amides is 1. The van der Waals surface area contributed by atoms with E-state index in [4.69, 9.17) is 9.47 Å². The first-order valence-electron chi connectivity index (χ1n) is 6.99. The number of alkyl halides is 3. The van der Waals surface area contributed by atoms with E-state index < -0.39 is 18.2 Å². The van der Waals surface area contributed by atoms with Gasteiger partial charge in [-0.15, -0.1) is 0 Å². The fourth-order valence-corrected chi connectivity index (χ4v) is 2.04. The summed E-state index contributed by atoms with van der Waals surface area (Å²) in [5.74, 6) is -1.36. The van der Waals surface area contributed by atoms with Crippen molar-refractivity contribution in [1.29, 1.82) is 0 Å². The molecule has 10 heteroatoms. The van der Waals surface area contributed by atoms with Crippen molar-refractivity contribution >= 4 is 6.09 Å². The summed E-state index contributed by atoms with van der Waals surface area (Å²) < 4.78 is 51.8. The monoisotopic (exact) mass is 343 g/mol. The Morgan fingerprint density at radius 2 is 1.83 bits per heavy atom. The van der Waals surface area contributed by atoms with Crippen molar-refractivity contribution in [2.75, 3.05) is 26.3 Å². The first-order valence-corrected chi connectivity index (χ1v) is 6.99. The Morgan fingerprint density at radius 1 is 1.17 bits per heavy atom. The molecule has 1 aliphatic heterocycles. The van der Waals surface area contributed by atoms with Crippen molar-refractivity contribution < 1.29 is 32.0 Å². The average Bonchev–Trinajstić information content (AvgIpc) is 3.07. The van der Waals surface area contributed by atoms with Gasteiger partial charge in [0.15, 0.2) is 0 Å². The van der Waals surface area contributed by atoms with Gasteiger partial charge in [-0.2, -0.15) is 18.2 Å². The molecular weight excluding hydrogens is 331 g/mol. The minimum Gasteiger partial charge on any atom is -0.410 e. The maximum atomic E-state index is 12.4. The quantitative estimate of drug-likeness (QED) is 0.834. The first kappa shape index (κ1) is 16.2. The van der Waals surface area contributed by atoms with Gasteiger partial charge in [-0.1, -0.05) is 5.16 Å². The van der Waals surface area contributed by atoms with Gasteiger partial charge in [-0.3, -0.25) is 0 Å². The Morgan fingerprint density at radius 3 is 2.42 bits per heavy atom. The molecule has 0 bridgehead atoms. The molecule has 0 aliphatic carbocycles. The van der Waals surface area contributed by atoms with E-state index in [1.807, 2.05) is 0 Å². The largest absolute Gasteiger partial charge is 0.471 e. The second kappa shape index (κ2) is 6.48. The van der Waals surface area contributed by atoms with E-state index in [2.05, 4.69) is 14.7 Å². The fraction of sp³-hybridized carbons (Fsp3) is 0.357. The van der Waals surface area contributed by atoms with E-state index in [9.17, 15) is 18.0 Å². The molecule has 0 saturated carbocycles. The lowest BCUT2D eigenvalue weighted by molar-refractivity contribution is -0.159. The van der Waals surface area contributed by atoms with E-state index in [1.54, 1.807) is 0 Å². The van der Waals surface area contributed by atoms with Crippen LogP contribution in [0.2, 0.25) is 0 Å². The van der Waals surface area contributed by atoms with Crippen molar-refractivity contribution in [3.63, 3.8) is 0 Å². The zero-order valence-electron chi connectivity index (χ0n) is 12.2.